The van der Waals surface area contributed by atoms with Crippen molar-refractivity contribution in [3.05, 3.63) is 17.3 Å². The first-order chi connectivity index (χ1) is 8.16. The molecule has 0 aromatic carbocycles. The minimum atomic E-state index is -0.698. The van der Waals surface area contributed by atoms with E-state index in [0.29, 0.717) is 17.5 Å². The second-order valence-electron chi connectivity index (χ2n) is 4.26. The molecule has 0 spiro atoms. The van der Waals surface area contributed by atoms with E-state index in [9.17, 15) is 4.79 Å². The molecule has 0 aliphatic heterocycles. The Balaban J connectivity index is 1.89. The fourth-order valence-corrected chi connectivity index (χ4v) is 2.35. The molecule has 0 radical (unpaired) electrons. The first-order valence-electron chi connectivity index (χ1n) is 5.62. The number of carboxylic acids is 1. The Kier molecular flexibility index (Phi) is 3.78. The first kappa shape index (κ1) is 12.1. The van der Waals surface area contributed by atoms with Gasteiger partial charge in [0, 0.05) is 6.54 Å². The summed E-state index contributed by atoms with van der Waals surface area (Å²) in [6, 6.07) is 3.39. The monoisotopic (exact) mass is 255 g/mol. The van der Waals surface area contributed by atoms with E-state index in [1.54, 1.807) is 12.1 Å². The van der Waals surface area contributed by atoms with E-state index in [0.717, 1.165) is 19.3 Å². The number of carboxylic acid groups (broad SMARTS) is 1. The van der Waals surface area contributed by atoms with Crippen LogP contribution in [0.15, 0.2) is 12.1 Å². The van der Waals surface area contributed by atoms with Gasteiger partial charge in [-0.1, -0.05) is 18.0 Å². The van der Waals surface area contributed by atoms with Crippen molar-refractivity contribution < 1.29 is 9.90 Å². The van der Waals surface area contributed by atoms with Crippen molar-refractivity contribution in [3.8, 4) is 0 Å². The van der Waals surface area contributed by atoms with E-state index in [-0.39, 0.29) is 11.8 Å². The third-order valence-electron chi connectivity index (χ3n) is 3.15. The Morgan fingerprint density at radius 2 is 2.29 bits per heavy atom. The third-order valence-corrected chi connectivity index (χ3v) is 3.36. The Morgan fingerprint density at radius 1 is 1.47 bits per heavy atom. The number of rotatable bonds is 4. The number of hydrogen-bond donors (Lipinski definition) is 2. The average molecular weight is 256 g/mol. The van der Waals surface area contributed by atoms with Crippen molar-refractivity contribution in [2.45, 2.75) is 19.3 Å². The molecule has 0 bridgehead atoms. The molecular weight excluding hydrogens is 242 g/mol. The average Bonchev–Trinajstić information content (AvgIpc) is 2.76. The van der Waals surface area contributed by atoms with Crippen molar-refractivity contribution in [2.24, 2.45) is 11.8 Å². The Morgan fingerprint density at radius 3 is 2.94 bits per heavy atom. The summed E-state index contributed by atoms with van der Waals surface area (Å²) < 4.78 is 0. The lowest BCUT2D eigenvalue weighted by atomic mass is 9.96. The zero-order valence-electron chi connectivity index (χ0n) is 9.27. The van der Waals surface area contributed by atoms with Gasteiger partial charge in [-0.15, -0.1) is 10.2 Å². The summed E-state index contributed by atoms with van der Waals surface area (Å²) in [6.45, 7) is 0.618. The van der Waals surface area contributed by atoms with Crippen molar-refractivity contribution in [1.29, 1.82) is 0 Å². The van der Waals surface area contributed by atoms with E-state index in [1.807, 2.05) is 0 Å². The molecule has 0 amide bonds. The van der Waals surface area contributed by atoms with Crippen LogP contribution in [0.25, 0.3) is 0 Å². The number of aromatic nitrogens is 2. The molecule has 5 nitrogen and oxygen atoms in total. The molecule has 1 aliphatic rings. The van der Waals surface area contributed by atoms with E-state index < -0.39 is 5.97 Å². The van der Waals surface area contributed by atoms with Crippen LogP contribution in [0.2, 0.25) is 5.15 Å². The summed E-state index contributed by atoms with van der Waals surface area (Å²) in [7, 11) is 0. The van der Waals surface area contributed by atoms with Crippen LogP contribution in [0.1, 0.15) is 19.3 Å². The van der Waals surface area contributed by atoms with E-state index in [4.69, 9.17) is 16.7 Å². The van der Waals surface area contributed by atoms with Gasteiger partial charge in [0.2, 0.25) is 0 Å². The summed E-state index contributed by atoms with van der Waals surface area (Å²) in [5.41, 5.74) is 0. The lowest BCUT2D eigenvalue weighted by molar-refractivity contribution is -0.142. The molecule has 1 saturated carbocycles. The molecule has 1 aliphatic carbocycles. The smallest absolute Gasteiger partial charge is 0.306 e. The quantitative estimate of drug-likeness (QED) is 0.861. The molecule has 92 valence electrons. The van der Waals surface area contributed by atoms with Gasteiger partial charge in [0.25, 0.3) is 0 Å². The van der Waals surface area contributed by atoms with Crippen LogP contribution in [0.4, 0.5) is 5.82 Å². The summed E-state index contributed by atoms with van der Waals surface area (Å²) in [6.07, 6.45) is 2.70. The Labute approximate surface area is 104 Å². The number of hydrogen-bond acceptors (Lipinski definition) is 4. The highest BCUT2D eigenvalue weighted by molar-refractivity contribution is 6.29. The van der Waals surface area contributed by atoms with Crippen LogP contribution >= 0.6 is 11.6 Å². The third kappa shape index (κ3) is 3.06. The van der Waals surface area contributed by atoms with Gasteiger partial charge in [-0.05, 0) is 30.9 Å². The fraction of sp³-hybridized carbons (Fsp3) is 0.545. The lowest BCUT2D eigenvalue weighted by Crippen LogP contribution is -2.24. The number of carbonyl (C=O) groups is 1. The Hall–Kier alpha value is -1.36. The van der Waals surface area contributed by atoms with Gasteiger partial charge in [-0.2, -0.15) is 0 Å². The number of anilines is 1. The second kappa shape index (κ2) is 5.31. The summed E-state index contributed by atoms with van der Waals surface area (Å²) in [5.74, 6) is -0.130. The standard InChI is InChI=1S/C11H14ClN3O2/c12-9-4-5-10(15-14-9)13-6-7-2-1-3-8(7)11(16)17/h4-5,7-8H,1-3,6H2,(H,13,15)(H,16,17). The van der Waals surface area contributed by atoms with Crippen LogP contribution in [-0.4, -0.2) is 27.8 Å². The van der Waals surface area contributed by atoms with Crippen LogP contribution in [0.5, 0.6) is 0 Å². The number of halogens is 1. The SMILES string of the molecule is O=C(O)C1CCCC1CNc1ccc(Cl)nn1. The van der Waals surface area contributed by atoms with Crippen LogP contribution in [0, 0.1) is 11.8 Å². The van der Waals surface area contributed by atoms with Crippen molar-refractivity contribution in [1.82, 2.24) is 10.2 Å². The van der Waals surface area contributed by atoms with Crippen LogP contribution in [0.3, 0.4) is 0 Å². The molecule has 1 aromatic rings. The fourth-order valence-electron chi connectivity index (χ4n) is 2.25. The predicted octanol–water partition coefficient (Wildman–Crippen LogP) is 2.04. The summed E-state index contributed by atoms with van der Waals surface area (Å²) in [5, 5.41) is 20.1. The minimum absolute atomic E-state index is 0.171. The van der Waals surface area contributed by atoms with E-state index >= 15 is 0 Å². The number of nitrogens with one attached hydrogen (secondary N) is 1. The molecule has 0 saturated heterocycles. The molecule has 17 heavy (non-hydrogen) atoms. The Bertz CT molecular complexity index is 396. The molecule has 1 heterocycles. The maximum Gasteiger partial charge on any atom is 0.306 e. The van der Waals surface area contributed by atoms with Gasteiger partial charge in [-0.3, -0.25) is 4.79 Å². The first-order valence-corrected chi connectivity index (χ1v) is 6.00. The lowest BCUT2D eigenvalue weighted by Gasteiger charge is -2.16. The topological polar surface area (TPSA) is 75.1 Å². The summed E-state index contributed by atoms with van der Waals surface area (Å²) >= 11 is 5.62. The van der Waals surface area contributed by atoms with Gasteiger partial charge in [0.05, 0.1) is 5.92 Å². The molecule has 6 heteroatoms. The molecule has 2 rings (SSSR count). The molecular formula is C11H14ClN3O2. The van der Waals surface area contributed by atoms with Crippen LogP contribution in [-0.2, 0) is 4.79 Å². The zero-order valence-corrected chi connectivity index (χ0v) is 10.0. The highest BCUT2D eigenvalue weighted by Crippen LogP contribution is 2.31. The normalized spacial score (nSPS) is 23.6. The second-order valence-corrected chi connectivity index (χ2v) is 4.65. The number of nitrogens with zero attached hydrogens (tertiary/aromatic N) is 2. The van der Waals surface area contributed by atoms with Gasteiger partial charge in [-0.25, -0.2) is 0 Å². The summed E-state index contributed by atoms with van der Waals surface area (Å²) in [4.78, 5) is 11.0. The molecule has 1 aromatic heterocycles. The molecule has 2 unspecified atom stereocenters. The zero-order chi connectivity index (χ0) is 12.3. The van der Waals surface area contributed by atoms with Crippen molar-refractivity contribution >= 4 is 23.4 Å². The van der Waals surface area contributed by atoms with Crippen LogP contribution < -0.4 is 5.32 Å². The van der Waals surface area contributed by atoms with Gasteiger partial charge >= 0.3 is 5.97 Å². The number of aliphatic carboxylic acids is 1. The highest BCUT2D eigenvalue weighted by atomic mass is 35.5. The van der Waals surface area contributed by atoms with Crippen molar-refractivity contribution in [3.63, 3.8) is 0 Å². The predicted molar refractivity (Wildman–Crippen MR) is 64.0 cm³/mol. The van der Waals surface area contributed by atoms with E-state index in [2.05, 4.69) is 15.5 Å². The largest absolute Gasteiger partial charge is 0.481 e. The van der Waals surface area contributed by atoms with Gasteiger partial charge in [0.15, 0.2) is 5.15 Å². The van der Waals surface area contributed by atoms with Gasteiger partial charge < -0.3 is 10.4 Å². The molecule has 2 N–H and O–H groups in total. The van der Waals surface area contributed by atoms with Gasteiger partial charge in [0.1, 0.15) is 5.82 Å². The minimum Gasteiger partial charge on any atom is -0.481 e. The maximum absolute atomic E-state index is 11.0. The highest BCUT2D eigenvalue weighted by Gasteiger charge is 2.32. The molecule has 2 atom stereocenters. The van der Waals surface area contributed by atoms with Crippen molar-refractivity contribution in [2.75, 3.05) is 11.9 Å². The maximum atomic E-state index is 11.0. The molecule has 1 fully saturated rings. The van der Waals surface area contributed by atoms with E-state index in [1.165, 1.54) is 0 Å².